The lowest BCUT2D eigenvalue weighted by Gasteiger charge is -2.36. The first-order valence-electron chi connectivity index (χ1n) is 12.1. The summed E-state index contributed by atoms with van der Waals surface area (Å²) < 4.78 is 25.5. The standard InChI is InChI=1S/C28H29FN4O4/c1-36-27(34)24-23(18-10-6-5-7-11-18)20(17-30)26(31)33(25(24)28(35)37-2)19-12-13-22(21(29)16-19)32-14-8-3-4-9-15-32/h5-7,10-13,16,23H,3-4,8-9,14-15,31H2,1-2H3. The van der Waals surface area contributed by atoms with Crippen LogP contribution in [0.2, 0.25) is 0 Å². The Morgan fingerprint density at radius 3 is 2.22 bits per heavy atom. The van der Waals surface area contributed by atoms with Crippen LogP contribution in [0.4, 0.5) is 15.8 Å². The minimum Gasteiger partial charge on any atom is -0.466 e. The van der Waals surface area contributed by atoms with Crippen molar-refractivity contribution < 1.29 is 23.5 Å². The highest BCUT2D eigenvalue weighted by atomic mass is 19.1. The molecule has 0 bridgehead atoms. The monoisotopic (exact) mass is 504 g/mol. The van der Waals surface area contributed by atoms with Gasteiger partial charge in [0.05, 0.1) is 48.7 Å². The summed E-state index contributed by atoms with van der Waals surface area (Å²) in [5.74, 6) is -3.30. The van der Waals surface area contributed by atoms with Crippen LogP contribution in [-0.2, 0) is 19.1 Å². The van der Waals surface area contributed by atoms with E-state index in [1.807, 2.05) is 4.90 Å². The Balaban J connectivity index is 1.92. The van der Waals surface area contributed by atoms with Crippen molar-refractivity contribution in [3.8, 4) is 6.07 Å². The molecular formula is C28H29FN4O4. The van der Waals surface area contributed by atoms with Gasteiger partial charge in [0.25, 0.3) is 0 Å². The molecule has 2 aliphatic rings. The fraction of sp³-hybridized carbons (Fsp3) is 0.321. The third kappa shape index (κ3) is 4.87. The molecule has 0 aromatic heterocycles. The zero-order valence-electron chi connectivity index (χ0n) is 20.9. The van der Waals surface area contributed by atoms with Crippen molar-refractivity contribution in [3.63, 3.8) is 0 Å². The second-order valence-corrected chi connectivity index (χ2v) is 8.87. The van der Waals surface area contributed by atoms with E-state index in [0.717, 1.165) is 38.8 Å². The van der Waals surface area contributed by atoms with Crippen LogP contribution in [0.1, 0.15) is 37.2 Å². The number of carbonyl (C=O) groups excluding carboxylic acids is 2. The van der Waals surface area contributed by atoms with E-state index in [0.29, 0.717) is 11.3 Å². The molecule has 2 aromatic carbocycles. The van der Waals surface area contributed by atoms with Gasteiger partial charge in [-0.15, -0.1) is 0 Å². The summed E-state index contributed by atoms with van der Waals surface area (Å²) in [4.78, 5) is 29.5. The Hall–Kier alpha value is -4.32. The lowest BCUT2D eigenvalue weighted by Crippen LogP contribution is -2.40. The van der Waals surface area contributed by atoms with Crippen molar-refractivity contribution in [1.29, 1.82) is 5.26 Å². The molecule has 0 amide bonds. The number of carbonyl (C=O) groups is 2. The summed E-state index contributed by atoms with van der Waals surface area (Å²) in [6.07, 6.45) is 4.17. The SMILES string of the molecule is COC(=O)C1=C(C(=O)OC)N(c2ccc(N3CCCCCC3)c(F)c2)C(N)=C(C#N)C1c1ccccc1. The summed E-state index contributed by atoms with van der Waals surface area (Å²) in [5, 5.41) is 10.1. The van der Waals surface area contributed by atoms with E-state index in [1.165, 1.54) is 25.2 Å². The number of anilines is 2. The number of esters is 2. The van der Waals surface area contributed by atoms with Crippen LogP contribution in [0.15, 0.2) is 71.2 Å². The van der Waals surface area contributed by atoms with Crippen LogP contribution < -0.4 is 15.5 Å². The molecule has 0 spiro atoms. The van der Waals surface area contributed by atoms with Crippen molar-refractivity contribution in [3.05, 3.63) is 82.6 Å². The van der Waals surface area contributed by atoms with Crippen molar-refractivity contribution in [2.75, 3.05) is 37.1 Å². The Morgan fingerprint density at radius 2 is 1.65 bits per heavy atom. The van der Waals surface area contributed by atoms with Gasteiger partial charge in [0.15, 0.2) is 0 Å². The third-order valence-electron chi connectivity index (χ3n) is 6.75. The fourth-order valence-corrected chi connectivity index (χ4v) is 4.98. The number of nitriles is 1. The Morgan fingerprint density at radius 1 is 1.00 bits per heavy atom. The second-order valence-electron chi connectivity index (χ2n) is 8.87. The maximum absolute atomic E-state index is 15.5. The highest BCUT2D eigenvalue weighted by Gasteiger charge is 2.43. The van der Waals surface area contributed by atoms with E-state index in [1.54, 1.807) is 42.5 Å². The first-order chi connectivity index (χ1) is 17.9. The molecule has 8 nitrogen and oxygen atoms in total. The van der Waals surface area contributed by atoms with Gasteiger partial charge in [-0.05, 0) is 30.5 Å². The number of hydrogen-bond acceptors (Lipinski definition) is 8. The van der Waals surface area contributed by atoms with Crippen molar-refractivity contribution >= 4 is 23.3 Å². The van der Waals surface area contributed by atoms with Crippen molar-refractivity contribution in [1.82, 2.24) is 0 Å². The first kappa shape index (κ1) is 25.8. The molecule has 1 saturated heterocycles. The average Bonchev–Trinajstić information content (AvgIpc) is 3.21. The van der Waals surface area contributed by atoms with Gasteiger partial charge in [-0.1, -0.05) is 43.2 Å². The maximum atomic E-state index is 15.5. The quantitative estimate of drug-likeness (QED) is 0.606. The molecule has 1 unspecified atom stereocenters. The van der Waals surface area contributed by atoms with Gasteiger partial charge < -0.3 is 20.1 Å². The maximum Gasteiger partial charge on any atom is 0.355 e. The summed E-state index contributed by atoms with van der Waals surface area (Å²) in [7, 11) is 2.35. The molecule has 0 aliphatic carbocycles. The number of allylic oxidation sites excluding steroid dienone is 1. The molecule has 0 radical (unpaired) electrons. The van der Waals surface area contributed by atoms with Crippen molar-refractivity contribution in [2.45, 2.75) is 31.6 Å². The van der Waals surface area contributed by atoms with Crippen LogP contribution in [0.3, 0.4) is 0 Å². The predicted octanol–water partition coefficient (Wildman–Crippen LogP) is 4.10. The lowest BCUT2D eigenvalue weighted by molar-refractivity contribution is -0.139. The van der Waals surface area contributed by atoms with E-state index in [9.17, 15) is 14.9 Å². The largest absolute Gasteiger partial charge is 0.466 e. The van der Waals surface area contributed by atoms with Crippen LogP contribution in [0, 0.1) is 17.1 Å². The van der Waals surface area contributed by atoms with Crippen LogP contribution in [0.25, 0.3) is 0 Å². The first-order valence-corrected chi connectivity index (χ1v) is 12.1. The molecule has 2 aromatic rings. The molecule has 4 rings (SSSR count). The minimum absolute atomic E-state index is 0.0243. The zero-order valence-corrected chi connectivity index (χ0v) is 20.9. The molecule has 1 atom stereocenters. The van der Waals surface area contributed by atoms with E-state index in [-0.39, 0.29) is 28.4 Å². The molecule has 0 saturated carbocycles. The van der Waals surface area contributed by atoms with Crippen LogP contribution >= 0.6 is 0 Å². The smallest absolute Gasteiger partial charge is 0.355 e. The molecule has 9 heteroatoms. The minimum atomic E-state index is -0.981. The Kier molecular flexibility index (Phi) is 7.77. The second kappa shape index (κ2) is 11.2. The predicted molar refractivity (Wildman–Crippen MR) is 137 cm³/mol. The third-order valence-corrected chi connectivity index (χ3v) is 6.75. The van der Waals surface area contributed by atoms with E-state index in [4.69, 9.17) is 15.2 Å². The van der Waals surface area contributed by atoms with Crippen LogP contribution in [0.5, 0.6) is 0 Å². The van der Waals surface area contributed by atoms with Gasteiger partial charge in [0, 0.05) is 19.2 Å². The van der Waals surface area contributed by atoms with Gasteiger partial charge >= 0.3 is 11.9 Å². The Labute approximate surface area is 215 Å². The average molecular weight is 505 g/mol. The van der Waals surface area contributed by atoms with Gasteiger partial charge in [0.2, 0.25) is 0 Å². The van der Waals surface area contributed by atoms with Gasteiger partial charge in [-0.25, -0.2) is 14.0 Å². The number of hydrogen-bond donors (Lipinski definition) is 1. The molecular weight excluding hydrogens is 475 g/mol. The molecule has 37 heavy (non-hydrogen) atoms. The highest BCUT2D eigenvalue weighted by Crippen LogP contribution is 2.43. The number of ether oxygens (including phenoxy) is 2. The lowest BCUT2D eigenvalue weighted by atomic mass is 9.81. The molecule has 2 heterocycles. The molecule has 1 fully saturated rings. The van der Waals surface area contributed by atoms with Crippen LogP contribution in [-0.4, -0.2) is 39.2 Å². The van der Waals surface area contributed by atoms with Crippen molar-refractivity contribution in [2.24, 2.45) is 5.73 Å². The molecule has 192 valence electrons. The number of nitrogens with two attached hydrogens (primary N) is 1. The summed E-state index contributed by atoms with van der Waals surface area (Å²) >= 11 is 0. The van der Waals surface area contributed by atoms with Gasteiger partial charge in [-0.2, -0.15) is 5.26 Å². The number of benzene rings is 2. The van der Waals surface area contributed by atoms with E-state index >= 15 is 4.39 Å². The van der Waals surface area contributed by atoms with E-state index < -0.39 is 23.7 Å². The fourth-order valence-electron chi connectivity index (χ4n) is 4.98. The molecule has 2 N–H and O–H groups in total. The van der Waals surface area contributed by atoms with Gasteiger partial charge in [-0.3, -0.25) is 4.90 Å². The normalized spacial score (nSPS) is 18.3. The van der Waals surface area contributed by atoms with Gasteiger partial charge in [0.1, 0.15) is 17.3 Å². The highest BCUT2D eigenvalue weighted by molar-refractivity contribution is 6.06. The Bertz CT molecular complexity index is 1290. The molecule has 2 aliphatic heterocycles. The summed E-state index contributed by atoms with van der Waals surface area (Å²) in [5.41, 5.74) is 7.34. The number of nitrogens with zero attached hydrogens (tertiary/aromatic N) is 3. The van der Waals surface area contributed by atoms with E-state index in [2.05, 4.69) is 6.07 Å². The topological polar surface area (TPSA) is 109 Å². The number of rotatable bonds is 5. The zero-order chi connectivity index (χ0) is 26.5. The summed E-state index contributed by atoms with van der Waals surface area (Å²) in [6.45, 7) is 1.50. The number of methoxy groups -OCH3 is 2. The number of halogens is 1. The summed E-state index contributed by atoms with van der Waals surface area (Å²) in [6, 6.07) is 15.3.